The van der Waals surface area contributed by atoms with Crippen LogP contribution >= 0.6 is 0 Å². The zero-order chi connectivity index (χ0) is 18.9. The van der Waals surface area contributed by atoms with Gasteiger partial charge in [0, 0.05) is 32.4 Å². The molecule has 0 spiro atoms. The Labute approximate surface area is 159 Å². The molecule has 0 bridgehead atoms. The molecule has 3 aromatic rings. The van der Waals surface area contributed by atoms with Gasteiger partial charge in [-0.1, -0.05) is 48.5 Å². The molecule has 2 N–H and O–H groups in total. The van der Waals surface area contributed by atoms with Crippen LogP contribution in [0.4, 0.5) is 0 Å². The van der Waals surface area contributed by atoms with Crippen molar-refractivity contribution < 1.29 is 8.42 Å². The van der Waals surface area contributed by atoms with Gasteiger partial charge < -0.3 is 9.88 Å². The van der Waals surface area contributed by atoms with Gasteiger partial charge in [-0.3, -0.25) is 0 Å². The van der Waals surface area contributed by atoms with E-state index in [2.05, 4.69) is 39.3 Å². The van der Waals surface area contributed by atoms with Crippen LogP contribution in [0.2, 0.25) is 0 Å². The third-order valence-corrected chi connectivity index (χ3v) is 6.12. The molecule has 27 heavy (non-hydrogen) atoms. The van der Waals surface area contributed by atoms with Gasteiger partial charge in [-0.15, -0.1) is 0 Å². The maximum atomic E-state index is 12.4. The number of sulfonamides is 1. The SMILES string of the molecule is Cn1cnc(S(=O)(=O)NCc2ccc3c(c2)C(Cc2ccccc2)NC3)c1. The first-order valence-electron chi connectivity index (χ1n) is 8.88. The maximum Gasteiger partial charge on any atom is 0.259 e. The van der Waals surface area contributed by atoms with Gasteiger partial charge in [-0.2, -0.15) is 0 Å². The summed E-state index contributed by atoms with van der Waals surface area (Å²) in [6.45, 7) is 1.08. The third kappa shape index (κ3) is 3.95. The predicted octanol–water partition coefficient (Wildman–Crippen LogP) is 2.29. The van der Waals surface area contributed by atoms with E-state index in [9.17, 15) is 8.42 Å². The number of imidazole rings is 1. The van der Waals surface area contributed by atoms with Crippen LogP contribution in [0.25, 0.3) is 0 Å². The van der Waals surface area contributed by atoms with Crippen molar-refractivity contribution in [3.63, 3.8) is 0 Å². The topological polar surface area (TPSA) is 76.0 Å². The molecule has 1 atom stereocenters. The summed E-state index contributed by atoms with van der Waals surface area (Å²) in [7, 11) is -1.87. The molecule has 2 aromatic carbocycles. The number of nitrogens with one attached hydrogen (secondary N) is 2. The van der Waals surface area contributed by atoms with Crippen molar-refractivity contribution >= 4 is 10.0 Å². The van der Waals surface area contributed by atoms with Crippen LogP contribution < -0.4 is 10.0 Å². The molecule has 1 aromatic heterocycles. The first-order valence-corrected chi connectivity index (χ1v) is 10.4. The highest BCUT2D eigenvalue weighted by Gasteiger charge is 2.23. The second-order valence-electron chi connectivity index (χ2n) is 6.86. The summed E-state index contributed by atoms with van der Waals surface area (Å²) in [5.74, 6) is 0. The lowest BCUT2D eigenvalue weighted by Crippen LogP contribution is -2.23. The van der Waals surface area contributed by atoms with Crippen molar-refractivity contribution in [2.45, 2.75) is 30.6 Å². The summed E-state index contributed by atoms with van der Waals surface area (Å²) in [5, 5.41) is 3.58. The predicted molar refractivity (Wildman–Crippen MR) is 103 cm³/mol. The van der Waals surface area contributed by atoms with Gasteiger partial charge in [0.1, 0.15) is 0 Å². The van der Waals surface area contributed by atoms with Crippen LogP contribution in [0.15, 0.2) is 66.1 Å². The van der Waals surface area contributed by atoms with Crippen LogP contribution in [0.3, 0.4) is 0 Å². The van der Waals surface area contributed by atoms with E-state index in [1.807, 2.05) is 24.3 Å². The van der Waals surface area contributed by atoms with Crippen molar-refractivity contribution in [3.05, 3.63) is 83.3 Å². The fourth-order valence-corrected chi connectivity index (χ4v) is 4.39. The van der Waals surface area contributed by atoms with E-state index in [4.69, 9.17) is 0 Å². The second-order valence-corrected chi connectivity index (χ2v) is 8.57. The van der Waals surface area contributed by atoms with Crippen molar-refractivity contribution in [1.29, 1.82) is 0 Å². The summed E-state index contributed by atoms with van der Waals surface area (Å²) < 4.78 is 29.0. The molecule has 0 radical (unpaired) electrons. The van der Waals surface area contributed by atoms with Crippen LogP contribution in [-0.4, -0.2) is 18.0 Å². The van der Waals surface area contributed by atoms with Crippen molar-refractivity contribution in [2.75, 3.05) is 0 Å². The maximum absolute atomic E-state index is 12.4. The van der Waals surface area contributed by atoms with Gasteiger partial charge in [-0.05, 0) is 28.7 Å². The minimum atomic E-state index is -3.61. The Morgan fingerprint density at radius 2 is 2.00 bits per heavy atom. The van der Waals surface area contributed by atoms with Crippen molar-refractivity contribution in [2.24, 2.45) is 7.05 Å². The monoisotopic (exact) mass is 382 g/mol. The normalized spacial score (nSPS) is 16.4. The largest absolute Gasteiger partial charge is 0.339 e. The van der Waals surface area contributed by atoms with Gasteiger partial charge in [-0.25, -0.2) is 18.1 Å². The van der Waals surface area contributed by atoms with E-state index < -0.39 is 10.0 Å². The van der Waals surface area contributed by atoms with Gasteiger partial charge in [0.25, 0.3) is 10.0 Å². The van der Waals surface area contributed by atoms with Gasteiger partial charge >= 0.3 is 0 Å². The molecule has 0 fully saturated rings. The Balaban J connectivity index is 1.49. The highest BCUT2D eigenvalue weighted by atomic mass is 32.2. The standard InChI is InChI=1S/C20H22N4O2S/c1-24-13-20(22-14-24)27(25,26)23-11-16-7-8-17-12-21-19(18(17)9-16)10-15-5-3-2-4-6-15/h2-9,13-14,19,21,23H,10-12H2,1H3. The Kier molecular flexibility index (Phi) is 4.82. The summed E-state index contributed by atoms with van der Waals surface area (Å²) in [6.07, 6.45) is 3.88. The van der Waals surface area contributed by atoms with E-state index in [-0.39, 0.29) is 17.6 Å². The molecule has 7 heteroatoms. The summed E-state index contributed by atoms with van der Waals surface area (Å²) in [5.41, 5.74) is 4.74. The molecule has 140 valence electrons. The smallest absolute Gasteiger partial charge is 0.259 e. The molecular formula is C20H22N4O2S. The van der Waals surface area contributed by atoms with E-state index in [0.717, 1.165) is 18.5 Å². The number of rotatable bonds is 6. The van der Waals surface area contributed by atoms with Gasteiger partial charge in [0.15, 0.2) is 5.03 Å². The van der Waals surface area contributed by atoms with Gasteiger partial charge in [0.05, 0.1) is 6.33 Å². The quantitative estimate of drug-likeness (QED) is 0.686. The Hall–Kier alpha value is -2.48. The molecule has 1 aliphatic rings. The molecule has 0 saturated heterocycles. The summed E-state index contributed by atoms with van der Waals surface area (Å²) >= 11 is 0. The minimum Gasteiger partial charge on any atom is -0.339 e. The molecule has 6 nitrogen and oxygen atoms in total. The minimum absolute atomic E-state index is 0.0368. The van der Waals surface area contributed by atoms with Crippen LogP contribution in [0.5, 0.6) is 0 Å². The summed E-state index contributed by atoms with van der Waals surface area (Å²) in [4.78, 5) is 3.92. The first kappa shape index (κ1) is 17.9. The second kappa shape index (κ2) is 7.26. The highest BCUT2D eigenvalue weighted by Crippen LogP contribution is 2.29. The number of hydrogen-bond acceptors (Lipinski definition) is 4. The highest BCUT2D eigenvalue weighted by molar-refractivity contribution is 7.89. The lowest BCUT2D eigenvalue weighted by atomic mass is 9.97. The third-order valence-electron chi connectivity index (χ3n) is 4.83. The zero-order valence-electron chi connectivity index (χ0n) is 15.1. The molecule has 1 aliphatic heterocycles. The summed E-state index contributed by atoms with van der Waals surface area (Å²) in [6, 6.07) is 16.8. The Bertz CT molecular complexity index is 1040. The molecule has 2 heterocycles. The number of fused-ring (bicyclic) bond motifs is 1. The van der Waals surface area contributed by atoms with E-state index in [1.54, 1.807) is 11.6 Å². The molecule has 0 aliphatic carbocycles. The molecular weight excluding hydrogens is 360 g/mol. The van der Waals surface area contributed by atoms with Crippen LogP contribution in [-0.2, 0) is 36.6 Å². The lowest BCUT2D eigenvalue weighted by molar-refractivity contribution is 0.577. The van der Waals surface area contributed by atoms with Crippen LogP contribution in [0, 0.1) is 0 Å². The fourth-order valence-electron chi connectivity index (χ4n) is 3.39. The number of nitrogens with zero attached hydrogens (tertiary/aromatic N) is 2. The molecule has 4 rings (SSSR count). The number of aryl methyl sites for hydroxylation is 1. The molecule has 1 unspecified atom stereocenters. The van der Waals surface area contributed by atoms with Crippen molar-refractivity contribution in [3.8, 4) is 0 Å². The molecule has 0 saturated carbocycles. The number of benzene rings is 2. The van der Waals surface area contributed by atoms with Crippen LogP contribution in [0.1, 0.15) is 28.3 Å². The van der Waals surface area contributed by atoms with E-state index in [1.165, 1.54) is 29.2 Å². The Morgan fingerprint density at radius 3 is 2.74 bits per heavy atom. The van der Waals surface area contributed by atoms with E-state index in [0.29, 0.717) is 0 Å². The average Bonchev–Trinajstić information content (AvgIpc) is 3.28. The lowest BCUT2D eigenvalue weighted by Gasteiger charge is -2.13. The van der Waals surface area contributed by atoms with E-state index >= 15 is 0 Å². The Morgan fingerprint density at radius 1 is 1.19 bits per heavy atom. The molecule has 0 amide bonds. The average molecular weight is 382 g/mol. The number of hydrogen-bond donors (Lipinski definition) is 2. The number of aromatic nitrogens is 2. The first-order chi connectivity index (χ1) is 13.0. The van der Waals surface area contributed by atoms with Gasteiger partial charge in [0.2, 0.25) is 0 Å². The van der Waals surface area contributed by atoms with Crippen molar-refractivity contribution in [1.82, 2.24) is 19.6 Å². The fraction of sp³-hybridized carbons (Fsp3) is 0.250. The zero-order valence-corrected chi connectivity index (χ0v) is 15.9.